The highest BCUT2D eigenvalue weighted by molar-refractivity contribution is 5.93. The molecule has 0 saturated carbocycles. The van der Waals surface area contributed by atoms with Crippen LogP contribution in [0.1, 0.15) is 6.92 Å². The van der Waals surface area contributed by atoms with Gasteiger partial charge in [0.05, 0.1) is 24.5 Å². The van der Waals surface area contributed by atoms with Crippen molar-refractivity contribution in [3.8, 4) is 0 Å². The maximum absolute atomic E-state index is 14.9. The molecule has 1 aromatic rings. The number of nitrogens with two attached hydrogens (primary N) is 1. The third kappa shape index (κ3) is 4.54. The minimum atomic E-state index is -0.580. The van der Waals surface area contributed by atoms with Crippen LogP contribution in [-0.4, -0.2) is 74.5 Å². The molecule has 0 aromatic heterocycles. The Morgan fingerprint density at radius 2 is 2.03 bits per heavy atom. The molecular formula is C20H26FN7O4. The molecule has 1 unspecified atom stereocenters. The molecule has 0 spiro atoms. The van der Waals surface area contributed by atoms with E-state index in [1.807, 2.05) is 4.90 Å². The van der Waals surface area contributed by atoms with Gasteiger partial charge in [-0.15, -0.1) is 0 Å². The Kier molecular flexibility index (Phi) is 6.04. The quantitative estimate of drug-likeness (QED) is 0.462. The summed E-state index contributed by atoms with van der Waals surface area (Å²) in [5.74, 6) is -0.828. The molecule has 3 aliphatic rings. The number of nitrogens with zero attached hydrogens (tertiary/aromatic N) is 3. The van der Waals surface area contributed by atoms with Gasteiger partial charge in [0, 0.05) is 39.3 Å². The number of amides is 3. The van der Waals surface area contributed by atoms with E-state index < -0.39 is 24.3 Å². The highest BCUT2D eigenvalue weighted by Crippen LogP contribution is 2.28. The van der Waals surface area contributed by atoms with Crippen LogP contribution in [0.15, 0.2) is 30.1 Å². The summed E-state index contributed by atoms with van der Waals surface area (Å²) in [4.78, 5) is 40.6. The van der Waals surface area contributed by atoms with E-state index in [0.29, 0.717) is 43.3 Å². The number of anilines is 2. The first-order valence-electron chi connectivity index (χ1n) is 10.4. The zero-order valence-corrected chi connectivity index (χ0v) is 17.6. The Morgan fingerprint density at radius 1 is 1.28 bits per heavy atom. The van der Waals surface area contributed by atoms with Crippen molar-refractivity contribution >= 4 is 29.3 Å². The zero-order valence-electron chi connectivity index (χ0n) is 17.6. The molecule has 4 rings (SSSR count). The smallest absolute Gasteiger partial charge is 0.414 e. The average molecular weight is 447 g/mol. The molecule has 3 amide bonds. The normalized spacial score (nSPS) is 22.8. The van der Waals surface area contributed by atoms with Crippen LogP contribution in [0.4, 0.5) is 20.6 Å². The predicted molar refractivity (Wildman–Crippen MR) is 114 cm³/mol. The number of benzene rings is 1. The van der Waals surface area contributed by atoms with Gasteiger partial charge in [-0.05, 0) is 18.2 Å². The minimum Gasteiger partial charge on any atom is -0.442 e. The van der Waals surface area contributed by atoms with Crippen LogP contribution in [0.5, 0.6) is 0 Å². The topological polar surface area (TPSA) is 132 Å². The van der Waals surface area contributed by atoms with E-state index in [0.717, 1.165) is 0 Å². The van der Waals surface area contributed by atoms with Crippen LogP contribution in [0.3, 0.4) is 0 Å². The van der Waals surface area contributed by atoms with Gasteiger partial charge in [0.2, 0.25) is 5.91 Å². The van der Waals surface area contributed by atoms with Gasteiger partial charge < -0.3 is 30.5 Å². The van der Waals surface area contributed by atoms with E-state index in [2.05, 4.69) is 16.0 Å². The number of rotatable bonds is 5. The number of piperazine rings is 1. The van der Waals surface area contributed by atoms with Gasteiger partial charge in [0.1, 0.15) is 23.9 Å². The van der Waals surface area contributed by atoms with Crippen molar-refractivity contribution in [1.29, 1.82) is 0 Å². The maximum Gasteiger partial charge on any atom is 0.414 e. The fourth-order valence-electron chi connectivity index (χ4n) is 3.88. The highest BCUT2D eigenvalue weighted by atomic mass is 19.1. The molecule has 172 valence electrons. The van der Waals surface area contributed by atoms with Crippen molar-refractivity contribution in [1.82, 2.24) is 20.9 Å². The third-order valence-corrected chi connectivity index (χ3v) is 5.55. The lowest BCUT2D eigenvalue weighted by Gasteiger charge is -2.36. The summed E-state index contributed by atoms with van der Waals surface area (Å²) in [7, 11) is 0. The minimum absolute atomic E-state index is 0.151. The van der Waals surface area contributed by atoms with Crippen LogP contribution >= 0.6 is 0 Å². The molecule has 1 aromatic carbocycles. The largest absolute Gasteiger partial charge is 0.442 e. The molecule has 11 nitrogen and oxygen atoms in total. The first-order valence-corrected chi connectivity index (χ1v) is 10.4. The van der Waals surface area contributed by atoms with Crippen LogP contribution in [-0.2, 0) is 14.3 Å². The van der Waals surface area contributed by atoms with Gasteiger partial charge in [-0.1, -0.05) is 0 Å². The summed E-state index contributed by atoms with van der Waals surface area (Å²) < 4.78 is 20.1. The highest BCUT2D eigenvalue weighted by Gasteiger charge is 2.33. The molecule has 2 saturated heterocycles. The van der Waals surface area contributed by atoms with Crippen molar-refractivity contribution in [2.24, 2.45) is 5.73 Å². The lowest BCUT2D eigenvalue weighted by molar-refractivity contribution is -0.127. The Morgan fingerprint density at radius 3 is 2.66 bits per heavy atom. The van der Waals surface area contributed by atoms with E-state index >= 15 is 0 Å². The van der Waals surface area contributed by atoms with Crippen molar-refractivity contribution in [2.75, 3.05) is 49.1 Å². The molecule has 32 heavy (non-hydrogen) atoms. The van der Waals surface area contributed by atoms with Crippen molar-refractivity contribution in [3.63, 3.8) is 0 Å². The van der Waals surface area contributed by atoms with Crippen LogP contribution in [0, 0.1) is 5.82 Å². The monoisotopic (exact) mass is 447 g/mol. The molecule has 0 radical (unpaired) electrons. The number of carbonyl (C=O) groups excluding carboxylic acids is 3. The van der Waals surface area contributed by atoms with Crippen LogP contribution < -0.4 is 31.5 Å². The molecule has 12 heteroatoms. The number of ether oxygens (including phenoxy) is 1. The lowest BCUT2D eigenvalue weighted by Crippen LogP contribution is -2.51. The molecular weight excluding hydrogens is 421 g/mol. The second kappa shape index (κ2) is 8.91. The number of hydrogen-bond donors (Lipinski definition) is 4. The van der Waals surface area contributed by atoms with Crippen LogP contribution in [0.2, 0.25) is 0 Å². The Labute approximate surface area is 184 Å². The zero-order chi connectivity index (χ0) is 22.8. The number of halogens is 1. The second-order valence-electron chi connectivity index (χ2n) is 7.82. The average Bonchev–Trinajstić information content (AvgIpc) is 3.37. The number of nitrogens with one attached hydrogen (secondary N) is 3. The molecule has 3 heterocycles. The fraction of sp³-hybridized carbons (Fsp3) is 0.450. The van der Waals surface area contributed by atoms with Crippen molar-refractivity contribution in [3.05, 3.63) is 35.9 Å². The fourth-order valence-corrected chi connectivity index (χ4v) is 3.88. The molecule has 0 bridgehead atoms. The molecule has 0 aliphatic carbocycles. The molecule has 3 aliphatic heterocycles. The standard InChI is InChI=1S/C20H26FN7O4/c1-12(29)23-9-14-11-28(20(31)32-14)13-2-3-17(15(21)8-13)26-4-6-27(7-5-26)18(30)16-10-24-19(22)25-16/h2-3,8,10,14,19,24-25H,4-7,9,11,22H2,1H3,(H,23,29)/t14-,19?/m0/s1. The van der Waals surface area contributed by atoms with E-state index in [1.165, 1.54) is 17.9 Å². The van der Waals surface area contributed by atoms with E-state index in [9.17, 15) is 18.8 Å². The third-order valence-electron chi connectivity index (χ3n) is 5.55. The summed E-state index contributed by atoms with van der Waals surface area (Å²) >= 11 is 0. The second-order valence-corrected chi connectivity index (χ2v) is 7.82. The first kappa shape index (κ1) is 21.7. The van der Waals surface area contributed by atoms with Gasteiger partial charge in [0.25, 0.3) is 5.91 Å². The lowest BCUT2D eigenvalue weighted by atomic mass is 10.2. The summed E-state index contributed by atoms with van der Waals surface area (Å²) in [5, 5.41) is 8.28. The van der Waals surface area contributed by atoms with E-state index in [4.69, 9.17) is 10.5 Å². The van der Waals surface area contributed by atoms with E-state index in [1.54, 1.807) is 23.2 Å². The van der Waals surface area contributed by atoms with Gasteiger partial charge in [-0.25, -0.2) is 9.18 Å². The summed E-state index contributed by atoms with van der Waals surface area (Å²) in [6.07, 6.45) is 0.0102. The van der Waals surface area contributed by atoms with Gasteiger partial charge in [-0.3, -0.25) is 20.2 Å². The molecule has 5 N–H and O–H groups in total. The van der Waals surface area contributed by atoms with Crippen LogP contribution in [0.25, 0.3) is 0 Å². The number of hydrogen-bond acceptors (Lipinski definition) is 8. The first-order chi connectivity index (χ1) is 15.3. The van der Waals surface area contributed by atoms with Crippen molar-refractivity contribution in [2.45, 2.75) is 19.3 Å². The Hall–Kier alpha value is -3.54. The number of carbonyl (C=O) groups is 3. The molecule has 2 atom stereocenters. The van der Waals surface area contributed by atoms with Crippen molar-refractivity contribution < 1.29 is 23.5 Å². The summed E-state index contributed by atoms with van der Waals surface area (Å²) in [6, 6.07) is 4.59. The Bertz CT molecular complexity index is 948. The predicted octanol–water partition coefficient (Wildman–Crippen LogP) is -0.788. The van der Waals surface area contributed by atoms with E-state index in [-0.39, 0.29) is 24.9 Å². The molecule has 2 fully saturated rings. The van der Waals surface area contributed by atoms with Gasteiger partial charge in [-0.2, -0.15) is 0 Å². The SMILES string of the molecule is CC(=O)NC[C@H]1CN(c2ccc(N3CCN(C(=O)C4=CNC(N)N4)CC3)c(F)c2)C(=O)O1. The van der Waals surface area contributed by atoms with Gasteiger partial charge >= 0.3 is 6.09 Å². The summed E-state index contributed by atoms with van der Waals surface area (Å²) in [5.41, 5.74) is 6.87. The maximum atomic E-state index is 14.9. The number of cyclic esters (lactones) is 1. The van der Waals surface area contributed by atoms with Gasteiger partial charge in [0.15, 0.2) is 0 Å². The Balaban J connectivity index is 1.35. The summed E-state index contributed by atoms with van der Waals surface area (Å²) in [6.45, 7) is 3.64.